The summed E-state index contributed by atoms with van der Waals surface area (Å²) in [7, 11) is 0. The molecule has 3 fully saturated rings. The summed E-state index contributed by atoms with van der Waals surface area (Å²) in [6, 6.07) is 10.6. The fourth-order valence-corrected chi connectivity index (χ4v) is 7.57. The fourth-order valence-electron chi connectivity index (χ4n) is 6.40. The first-order chi connectivity index (χ1) is 19.9. The van der Waals surface area contributed by atoms with Crippen molar-refractivity contribution in [1.82, 2.24) is 9.80 Å². The normalized spacial score (nSPS) is 24.9. The Morgan fingerprint density at radius 1 is 1.15 bits per heavy atom. The molecular formula is C32H37ClFN3O3S. The first-order valence-corrected chi connectivity index (χ1v) is 16.0. The van der Waals surface area contributed by atoms with Crippen molar-refractivity contribution in [3.05, 3.63) is 63.7 Å². The lowest BCUT2D eigenvalue weighted by atomic mass is 9.89. The molecule has 9 heteroatoms. The molecule has 3 aliphatic rings. The Bertz CT molecular complexity index is 1420. The van der Waals surface area contributed by atoms with Crippen molar-refractivity contribution in [1.29, 1.82) is 0 Å². The first kappa shape index (κ1) is 28.6. The third-order valence-corrected chi connectivity index (χ3v) is 10.3. The summed E-state index contributed by atoms with van der Waals surface area (Å²) in [5.41, 5.74) is 0.934. The Morgan fingerprint density at radius 2 is 1.93 bits per heavy atom. The number of nitrogens with one attached hydrogen (secondary N) is 1. The van der Waals surface area contributed by atoms with E-state index in [1.807, 2.05) is 29.2 Å². The molecular weight excluding hydrogens is 561 g/mol. The van der Waals surface area contributed by atoms with Crippen LogP contribution < -0.4 is 5.32 Å². The number of carbonyl (C=O) groups is 2. The van der Waals surface area contributed by atoms with Crippen LogP contribution in [0.5, 0.6) is 0 Å². The van der Waals surface area contributed by atoms with Gasteiger partial charge in [0.2, 0.25) is 5.91 Å². The number of carbonyl (C=O) groups excluding carboxylic acids is 2. The summed E-state index contributed by atoms with van der Waals surface area (Å²) in [5.74, 6) is -0.268. The number of hydrogen-bond donors (Lipinski definition) is 1. The zero-order valence-corrected chi connectivity index (χ0v) is 25.0. The molecule has 3 aromatic rings. The number of rotatable bonds is 8. The maximum atomic E-state index is 15.3. The maximum Gasteiger partial charge on any atom is 0.257 e. The van der Waals surface area contributed by atoms with E-state index in [0.29, 0.717) is 24.8 Å². The number of likely N-dealkylation sites (tertiary alicyclic amines) is 2. The standard InChI is InChI=1S/C32H37ClFN3O3S/c1-20-7-9-24(10-8-20)40-18-23-15-22(36-11-4-12-36)17-37(23)31(38)14-21-13-27(33)29(16-28(21)34)35-32(39)26-19-41-30-6-3-2-5-25(26)30/h2-3,5-6,13,16,19-20,22-24H,4,7-12,14-15,17-18H2,1H3,(H,35,39)/t20?,22-,23-,24?/m0/s1. The second-order valence-electron chi connectivity index (χ2n) is 11.9. The molecule has 41 heavy (non-hydrogen) atoms. The number of fused-ring (bicyclic) bond motifs is 1. The second kappa shape index (κ2) is 12.4. The average Bonchev–Trinajstić information content (AvgIpc) is 3.55. The monoisotopic (exact) mass is 597 g/mol. The number of hydrogen-bond acceptors (Lipinski definition) is 5. The molecule has 0 radical (unpaired) electrons. The lowest BCUT2D eigenvalue weighted by Crippen LogP contribution is -2.46. The lowest BCUT2D eigenvalue weighted by Gasteiger charge is -2.36. The van der Waals surface area contributed by atoms with Gasteiger partial charge in [-0.05, 0) is 81.3 Å². The van der Waals surface area contributed by atoms with Gasteiger partial charge in [0.1, 0.15) is 5.82 Å². The summed E-state index contributed by atoms with van der Waals surface area (Å²) in [6.45, 7) is 5.61. The highest BCUT2D eigenvalue weighted by molar-refractivity contribution is 7.17. The largest absolute Gasteiger partial charge is 0.376 e. The van der Waals surface area contributed by atoms with Crippen LogP contribution in [0, 0.1) is 11.7 Å². The minimum atomic E-state index is -0.559. The van der Waals surface area contributed by atoms with Crippen LogP contribution in [0.25, 0.3) is 10.1 Å². The van der Waals surface area contributed by atoms with Gasteiger partial charge in [0, 0.05) is 28.1 Å². The molecule has 2 saturated heterocycles. The van der Waals surface area contributed by atoms with Gasteiger partial charge in [-0.15, -0.1) is 11.3 Å². The fraction of sp³-hybridized carbons (Fsp3) is 0.500. The Hall–Kier alpha value is -2.52. The van der Waals surface area contributed by atoms with Crippen molar-refractivity contribution in [2.75, 3.05) is 31.6 Å². The molecule has 6 nitrogen and oxygen atoms in total. The van der Waals surface area contributed by atoms with Gasteiger partial charge in [0.05, 0.1) is 41.4 Å². The SMILES string of the molecule is CC1CCC(OC[C@@H]2C[C@H](N3CCC3)CN2C(=O)Cc2cc(Cl)c(NC(=O)c3csc4ccccc34)cc2F)CC1. The van der Waals surface area contributed by atoms with Gasteiger partial charge in [0.15, 0.2) is 0 Å². The molecule has 2 amide bonds. The van der Waals surface area contributed by atoms with Crippen LogP contribution in [-0.4, -0.2) is 66.0 Å². The van der Waals surface area contributed by atoms with Crippen LogP contribution >= 0.6 is 22.9 Å². The molecule has 0 spiro atoms. The van der Waals surface area contributed by atoms with E-state index in [2.05, 4.69) is 17.1 Å². The molecule has 1 aliphatic carbocycles. The number of anilines is 1. The van der Waals surface area contributed by atoms with E-state index in [9.17, 15) is 9.59 Å². The quantitative estimate of drug-likeness (QED) is 0.312. The average molecular weight is 598 g/mol. The van der Waals surface area contributed by atoms with Crippen LogP contribution in [0.3, 0.4) is 0 Å². The Balaban J connectivity index is 1.12. The van der Waals surface area contributed by atoms with E-state index >= 15 is 4.39 Å². The third kappa shape index (κ3) is 6.31. The van der Waals surface area contributed by atoms with E-state index < -0.39 is 5.82 Å². The Kier molecular flexibility index (Phi) is 8.63. The van der Waals surface area contributed by atoms with E-state index in [1.165, 1.54) is 42.7 Å². The number of benzene rings is 2. The number of thiophene rings is 1. The van der Waals surface area contributed by atoms with Crippen LogP contribution in [0.1, 0.15) is 61.4 Å². The zero-order chi connectivity index (χ0) is 28.5. The van der Waals surface area contributed by atoms with Crippen molar-refractivity contribution >= 4 is 50.5 Å². The lowest BCUT2D eigenvalue weighted by molar-refractivity contribution is -0.133. The van der Waals surface area contributed by atoms with Gasteiger partial charge in [-0.1, -0.05) is 36.7 Å². The molecule has 2 aromatic carbocycles. The van der Waals surface area contributed by atoms with Gasteiger partial charge in [-0.25, -0.2) is 4.39 Å². The first-order valence-electron chi connectivity index (χ1n) is 14.8. The van der Waals surface area contributed by atoms with E-state index in [0.717, 1.165) is 48.4 Å². The highest BCUT2D eigenvalue weighted by Crippen LogP contribution is 2.32. The minimum Gasteiger partial charge on any atom is -0.376 e. The molecule has 0 bridgehead atoms. The van der Waals surface area contributed by atoms with Crippen molar-refractivity contribution in [2.45, 2.75) is 70.1 Å². The number of nitrogens with zero attached hydrogens (tertiary/aromatic N) is 2. The summed E-state index contributed by atoms with van der Waals surface area (Å²) in [6.07, 6.45) is 6.79. The van der Waals surface area contributed by atoms with Crippen LogP contribution in [0.15, 0.2) is 41.8 Å². The molecule has 1 saturated carbocycles. The summed E-state index contributed by atoms with van der Waals surface area (Å²) < 4.78 is 22.6. The van der Waals surface area contributed by atoms with Crippen molar-refractivity contribution in [3.8, 4) is 0 Å². The van der Waals surface area contributed by atoms with Gasteiger partial charge in [-0.2, -0.15) is 0 Å². The van der Waals surface area contributed by atoms with E-state index in [1.54, 1.807) is 5.38 Å². The Morgan fingerprint density at radius 3 is 2.68 bits per heavy atom. The summed E-state index contributed by atoms with van der Waals surface area (Å²) in [5, 5.41) is 5.58. The smallest absolute Gasteiger partial charge is 0.257 e. The van der Waals surface area contributed by atoms with E-state index in [4.69, 9.17) is 16.3 Å². The topological polar surface area (TPSA) is 61.9 Å². The third-order valence-electron chi connectivity index (χ3n) is 9.06. The predicted molar refractivity (Wildman–Crippen MR) is 162 cm³/mol. The van der Waals surface area contributed by atoms with Crippen LogP contribution in [-0.2, 0) is 16.0 Å². The highest BCUT2D eigenvalue weighted by atomic mass is 35.5. The number of halogens is 2. The Labute approximate surface area is 249 Å². The molecule has 0 unspecified atom stereocenters. The zero-order valence-electron chi connectivity index (χ0n) is 23.4. The van der Waals surface area contributed by atoms with Gasteiger partial charge >= 0.3 is 0 Å². The summed E-state index contributed by atoms with van der Waals surface area (Å²) >= 11 is 7.98. The second-order valence-corrected chi connectivity index (χ2v) is 13.2. The highest BCUT2D eigenvalue weighted by Gasteiger charge is 2.40. The number of amides is 2. The number of ether oxygens (including phenoxy) is 1. The molecule has 2 aliphatic heterocycles. The van der Waals surface area contributed by atoms with Gasteiger partial charge in [-0.3, -0.25) is 14.5 Å². The molecule has 3 heterocycles. The molecule has 218 valence electrons. The predicted octanol–water partition coefficient (Wildman–Crippen LogP) is 6.76. The van der Waals surface area contributed by atoms with Gasteiger partial charge in [0.25, 0.3) is 5.91 Å². The van der Waals surface area contributed by atoms with Crippen molar-refractivity contribution < 1.29 is 18.7 Å². The van der Waals surface area contributed by atoms with Crippen LogP contribution in [0.2, 0.25) is 5.02 Å². The minimum absolute atomic E-state index is 0.00928. The molecule has 1 aromatic heterocycles. The molecule has 6 rings (SSSR count). The van der Waals surface area contributed by atoms with E-state index in [-0.39, 0.29) is 46.7 Å². The summed E-state index contributed by atoms with van der Waals surface area (Å²) in [4.78, 5) is 30.9. The van der Waals surface area contributed by atoms with Crippen molar-refractivity contribution in [2.24, 2.45) is 5.92 Å². The molecule has 1 N–H and O–H groups in total. The van der Waals surface area contributed by atoms with Gasteiger partial charge < -0.3 is 15.0 Å². The van der Waals surface area contributed by atoms with Crippen molar-refractivity contribution in [3.63, 3.8) is 0 Å². The maximum absolute atomic E-state index is 15.3. The van der Waals surface area contributed by atoms with Crippen LogP contribution in [0.4, 0.5) is 10.1 Å². The molecule has 2 atom stereocenters.